The van der Waals surface area contributed by atoms with E-state index in [9.17, 15) is 13.5 Å². The first kappa shape index (κ1) is 18.2. The Bertz CT molecular complexity index is 1100. The summed E-state index contributed by atoms with van der Waals surface area (Å²) in [5.74, 6) is -0.00582. The number of nitrogens with zero attached hydrogens (tertiary/aromatic N) is 3. The van der Waals surface area contributed by atoms with Crippen LogP contribution >= 0.6 is 0 Å². The summed E-state index contributed by atoms with van der Waals surface area (Å²) in [6, 6.07) is 7.88. The topological polar surface area (TPSA) is 115 Å². The minimum atomic E-state index is -4.62. The fourth-order valence-electron chi connectivity index (χ4n) is 2.66. The van der Waals surface area contributed by atoms with Crippen LogP contribution in [-0.2, 0) is 15.8 Å². The zero-order valence-corrected chi connectivity index (χ0v) is 15.6. The van der Waals surface area contributed by atoms with Crippen LogP contribution in [0.5, 0.6) is 11.5 Å². The van der Waals surface area contributed by atoms with Crippen LogP contribution in [-0.4, -0.2) is 33.1 Å². The second-order valence-electron chi connectivity index (χ2n) is 7.08. The van der Waals surface area contributed by atoms with Crippen molar-refractivity contribution in [3.05, 3.63) is 41.5 Å². The molecule has 0 unspecified atom stereocenters. The van der Waals surface area contributed by atoms with Crippen LogP contribution in [0.25, 0.3) is 16.7 Å². The van der Waals surface area contributed by atoms with Gasteiger partial charge in [0.05, 0.1) is 0 Å². The van der Waals surface area contributed by atoms with Gasteiger partial charge >= 0.3 is 10.4 Å². The van der Waals surface area contributed by atoms with Crippen molar-refractivity contribution in [1.82, 2.24) is 15.0 Å². The van der Waals surface area contributed by atoms with Gasteiger partial charge in [-0.2, -0.15) is 8.42 Å². The van der Waals surface area contributed by atoms with E-state index in [1.807, 2.05) is 33.8 Å². The summed E-state index contributed by atoms with van der Waals surface area (Å²) in [5.41, 5.74) is 2.69. The maximum absolute atomic E-state index is 10.8. The fraction of sp³-hybridized carbons (Fsp3) is 0.294. The monoisotopic (exact) mass is 377 g/mol. The molecular weight excluding hydrogens is 358 g/mol. The van der Waals surface area contributed by atoms with Crippen LogP contribution in [0.2, 0.25) is 0 Å². The van der Waals surface area contributed by atoms with E-state index in [0.29, 0.717) is 16.7 Å². The van der Waals surface area contributed by atoms with E-state index >= 15 is 0 Å². The molecule has 0 bridgehead atoms. The van der Waals surface area contributed by atoms with Crippen molar-refractivity contribution in [2.24, 2.45) is 0 Å². The number of benzene rings is 2. The van der Waals surface area contributed by atoms with E-state index in [2.05, 4.69) is 14.4 Å². The smallest absolute Gasteiger partial charge is 0.446 e. The average Bonchev–Trinajstić information content (AvgIpc) is 2.89. The number of aryl methyl sites for hydroxylation is 1. The molecule has 1 heterocycles. The van der Waals surface area contributed by atoms with Gasteiger partial charge < -0.3 is 9.29 Å². The third-order valence-electron chi connectivity index (χ3n) is 3.81. The number of aromatic nitrogens is 3. The van der Waals surface area contributed by atoms with Crippen LogP contribution in [0.4, 0.5) is 0 Å². The molecule has 8 nitrogen and oxygen atoms in total. The third kappa shape index (κ3) is 3.63. The maximum atomic E-state index is 10.8. The van der Waals surface area contributed by atoms with Gasteiger partial charge in [-0.05, 0) is 36.1 Å². The summed E-state index contributed by atoms with van der Waals surface area (Å²) in [4.78, 5) is 1.29. The second kappa shape index (κ2) is 5.96. The van der Waals surface area contributed by atoms with Crippen molar-refractivity contribution in [2.75, 3.05) is 0 Å². The molecule has 3 aromatic rings. The quantitative estimate of drug-likeness (QED) is 0.674. The molecule has 138 valence electrons. The molecule has 3 rings (SSSR count). The van der Waals surface area contributed by atoms with Crippen LogP contribution in [0.3, 0.4) is 0 Å². The predicted molar refractivity (Wildman–Crippen MR) is 96.1 cm³/mol. The molecule has 9 heteroatoms. The van der Waals surface area contributed by atoms with Crippen molar-refractivity contribution < 1.29 is 22.3 Å². The van der Waals surface area contributed by atoms with E-state index in [1.54, 1.807) is 6.07 Å². The SMILES string of the molecule is Cc1cc(-n2nc3ccc(OS(=O)(=O)O)cc3n2)c(O)c(C(C)(C)C)c1. The fourth-order valence-corrected chi connectivity index (χ4v) is 3.01. The summed E-state index contributed by atoms with van der Waals surface area (Å²) >= 11 is 0. The predicted octanol–water partition coefficient (Wildman–Crippen LogP) is 2.91. The molecule has 0 spiro atoms. The Morgan fingerprint density at radius 2 is 1.73 bits per heavy atom. The van der Waals surface area contributed by atoms with Crippen molar-refractivity contribution in [3.63, 3.8) is 0 Å². The van der Waals surface area contributed by atoms with Crippen LogP contribution < -0.4 is 4.18 Å². The highest BCUT2D eigenvalue weighted by molar-refractivity contribution is 7.81. The molecule has 0 aliphatic carbocycles. The number of phenolic OH excluding ortho intramolecular Hbond substituents is 1. The molecule has 0 fully saturated rings. The Morgan fingerprint density at radius 3 is 2.35 bits per heavy atom. The Morgan fingerprint density at radius 1 is 1.08 bits per heavy atom. The van der Waals surface area contributed by atoms with Crippen molar-refractivity contribution >= 4 is 21.4 Å². The van der Waals surface area contributed by atoms with Gasteiger partial charge in [-0.25, -0.2) is 0 Å². The Kier molecular flexibility index (Phi) is 4.16. The summed E-state index contributed by atoms with van der Waals surface area (Å²) in [6.07, 6.45) is 0. The molecule has 2 aromatic carbocycles. The molecule has 0 atom stereocenters. The van der Waals surface area contributed by atoms with Gasteiger partial charge in [0.2, 0.25) is 0 Å². The van der Waals surface area contributed by atoms with Crippen molar-refractivity contribution in [1.29, 1.82) is 0 Å². The summed E-state index contributed by atoms with van der Waals surface area (Å²) < 4.78 is 34.9. The lowest BCUT2D eigenvalue weighted by atomic mass is 9.85. The van der Waals surface area contributed by atoms with Crippen LogP contribution in [0, 0.1) is 6.92 Å². The first-order valence-electron chi connectivity index (χ1n) is 7.82. The molecular formula is C17H19N3O5S. The number of hydrogen-bond acceptors (Lipinski definition) is 6. The largest absolute Gasteiger partial charge is 0.505 e. The van der Waals surface area contributed by atoms with Crippen molar-refractivity contribution in [2.45, 2.75) is 33.1 Å². The molecule has 0 amide bonds. The van der Waals surface area contributed by atoms with Gasteiger partial charge in [0.25, 0.3) is 0 Å². The van der Waals surface area contributed by atoms with E-state index in [-0.39, 0.29) is 16.9 Å². The molecule has 1 aromatic heterocycles. The average molecular weight is 377 g/mol. The highest BCUT2D eigenvalue weighted by Gasteiger charge is 2.22. The summed E-state index contributed by atoms with van der Waals surface area (Å²) in [5, 5.41) is 19.3. The van der Waals surface area contributed by atoms with Crippen LogP contribution in [0.1, 0.15) is 31.9 Å². The Balaban J connectivity index is 2.13. The number of phenols is 1. The number of rotatable bonds is 3. The number of hydrogen-bond donors (Lipinski definition) is 2. The second-order valence-corrected chi connectivity index (χ2v) is 8.10. The molecule has 0 aliphatic rings. The van der Waals surface area contributed by atoms with Crippen LogP contribution in [0.15, 0.2) is 30.3 Å². The molecule has 0 saturated heterocycles. The maximum Gasteiger partial charge on any atom is 0.446 e. The van der Waals surface area contributed by atoms with Gasteiger partial charge in [0, 0.05) is 11.6 Å². The summed E-state index contributed by atoms with van der Waals surface area (Å²) in [7, 11) is -4.62. The van der Waals surface area contributed by atoms with E-state index in [0.717, 1.165) is 11.1 Å². The van der Waals surface area contributed by atoms with Gasteiger partial charge in [0.1, 0.15) is 28.2 Å². The molecule has 0 aliphatic heterocycles. The van der Waals surface area contributed by atoms with E-state index in [1.165, 1.54) is 23.0 Å². The van der Waals surface area contributed by atoms with Gasteiger partial charge in [0.15, 0.2) is 0 Å². The lowest BCUT2D eigenvalue weighted by Gasteiger charge is -2.22. The van der Waals surface area contributed by atoms with E-state index < -0.39 is 10.4 Å². The van der Waals surface area contributed by atoms with Crippen molar-refractivity contribution in [3.8, 4) is 17.2 Å². The van der Waals surface area contributed by atoms with Gasteiger partial charge in [-0.15, -0.1) is 15.0 Å². The normalized spacial score (nSPS) is 12.5. The minimum Gasteiger partial charge on any atom is -0.505 e. The first-order valence-corrected chi connectivity index (χ1v) is 9.19. The zero-order valence-electron chi connectivity index (χ0n) is 14.8. The molecule has 0 radical (unpaired) electrons. The summed E-state index contributed by atoms with van der Waals surface area (Å²) in [6.45, 7) is 7.91. The van der Waals surface area contributed by atoms with E-state index in [4.69, 9.17) is 4.55 Å². The minimum absolute atomic E-state index is 0.0813. The van der Waals surface area contributed by atoms with Gasteiger partial charge in [-0.3, -0.25) is 4.55 Å². The lowest BCUT2D eigenvalue weighted by Crippen LogP contribution is -2.13. The number of fused-ring (bicyclic) bond motifs is 1. The Hall–Kier alpha value is -2.65. The number of aromatic hydroxyl groups is 1. The molecule has 0 saturated carbocycles. The molecule has 26 heavy (non-hydrogen) atoms. The first-order chi connectivity index (χ1) is 11.9. The van der Waals surface area contributed by atoms with Gasteiger partial charge in [-0.1, -0.05) is 26.8 Å². The third-order valence-corrected chi connectivity index (χ3v) is 4.21. The Labute approximate surface area is 151 Å². The highest BCUT2D eigenvalue weighted by Crippen LogP contribution is 2.36. The lowest BCUT2D eigenvalue weighted by molar-refractivity contribution is 0.387. The highest BCUT2D eigenvalue weighted by atomic mass is 32.3. The zero-order chi connectivity index (χ0) is 19.3. The standard InChI is InChI=1S/C17H19N3O5S/c1-10-7-12(17(2,3)4)16(21)15(8-10)20-18-13-6-5-11(9-14(13)19-20)25-26(22,23)24/h5-9,21H,1-4H3,(H,22,23,24). The molecule has 2 N–H and O–H groups in total.